The number of aromatic nitrogens is 2. The summed E-state index contributed by atoms with van der Waals surface area (Å²) in [5.74, 6) is 1.61. The van der Waals surface area contributed by atoms with Crippen LogP contribution in [-0.4, -0.2) is 29.9 Å². The van der Waals surface area contributed by atoms with Crippen LogP contribution in [0.2, 0.25) is 0 Å². The van der Waals surface area contributed by atoms with E-state index in [0.29, 0.717) is 35.0 Å². The molecule has 0 radical (unpaired) electrons. The molecule has 0 aliphatic carbocycles. The molecule has 2 heterocycles. The zero-order chi connectivity index (χ0) is 13.9. The molecule has 1 aromatic carbocycles. The monoisotopic (exact) mass is 271 g/mol. The van der Waals surface area contributed by atoms with Crippen LogP contribution in [0.4, 0.5) is 5.82 Å². The third kappa shape index (κ3) is 2.40. The highest BCUT2D eigenvalue weighted by molar-refractivity contribution is 5.94. The highest BCUT2D eigenvalue weighted by Crippen LogP contribution is 2.28. The summed E-state index contributed by atoms with van der Waals surface area (Å²) in [6.07, 6.45) is 2.26. The van der Waals surface area contributed by atoms with Gasteiger partial charge in [0.15, 0.2) is 5.82 Å². The molecule has 104 valence electrons. The maximum Gasteiger partial charge on any atom is 0.154 e. The lowest BCUT2D eigenvalue weighted by Gasteiger charge is -2.22. The van der Waals surface area contributed by atoms with Crippen molar-refractivity contribution in [2.75, 3.05) is 25.4 Å². The van der Waals surface area contributed by atoms with E-state index in [4.69, 9.17) is 10.5 Å². The van der Waals surface area contributed by atoms with Crippen LogP contribution in [-0.2, 0) is 0 Å². The summed E-state index contributed by atoms with van der Waals surface area (Å²) in [4.78, 5) is 0. The van der Waals surface area contributed by atoms with E-state index >= 15 is 0 Å². The van der Waals surface area contributed by atoms with E-state index in [1.807, 2.05) is 6.07 Å². The number of hydrogen-bond acceptors (Lipinski definition) is 5. The smallest absolute Gasteiger partial charge is 0.154 e. The number of nitriles is 1. The molecule has 1 aromatic heterocycles. The van der Waals surface area contributed by atoms with Gasteiger partial charge in [0.2, 0.25) is 0 Å². The number of ether oxygens (including phenoxy) is 1. The van der Waals surface area contributed by atoms with Gasteiger partial charge < -0.3 is 15.8 Å². The molecule has 3 rings (SSSR count). The van der Waals surface area contributed by atoms with Crippen molar-refractivity contribution in [3.8, 4) is 11.8 Å². The predicted molar refractivity (Wildman–Crippen MR) is 76.3 cm³/mol. The number of anilines is 1. The number of nitrogens with one attached hydrogen (secondary N) is 2. The predicted octanol–water partition coefficient (Wildman–Crippen LogP) is 1.40. The quantitative estimate of drug-likeness (QED) is 0.783. The topological polar surface area (TPSA) is 99.7 Å². The number of fused-ring (bicyclic) bond motifs is 1. The van der Waals surface area contributed by atoms with Gasteiger partial charge in [-0.15, -0.1) is 0 Å². The molecular formula is C14H17N5O. The summed E-state index contributed by atoms with van der Waals surface area (Å²) in [5.41, 5.74) is 6.98. The fourth-order valence-corrected chi connectivity index (χ4v) is 2.59. The minimum absolute atomic E-state index is 0.349. The minimum atomic E-state index is 0.349. The summed E-state index contributed by atoms with van der Waals surface area (Å²) >= 11 is 0. The summed E-state index contributed by atoms with van der Waals surface area (Å²) in [7, 11) is 0. The van der Waals surface area contributed by atoms with E-state index in [1.54, 1.807) is 6.07 Å². The van der Waals surface area contributed by atoms with Crippen LogP contribution in [0.1, 0.15) is 18.4 Å². The Hall–Kier alpha value is -2.26. The Morgan fingerprint density at radius 3 is 2.95 bits per heavy atom. The average Bonchev–Trinajstić information content (AvgIpc) is 2.87. The molecule has 0 spiro atoms. The Kier molecular flexibility index (Phi) is 3.44. The molecule has 4 N–H and O–H groups in total. The lowest BCUT2D eigenvalue weighted by atomic mass is 9.99. The molecule has 0 bridgehead atoms. The minimum Gasteiger partial charge on any atom is -0.493 e. The molecule has 1 aliphatic rings. The van der Waals surface area contributed by atoms with E-state index in [1.165, 1.54) is 0 Å². The fraction of sp³-hybridized carbons (Fsp3) is 0.429. The number of hydrogen-bond donors (Lipinski definition) is 3. The summed E-state index contributed by atoms with van der Waals surface area (Å²) in [6, 6.07) is 5.72. The van der Waals surface area contributed by atoms with E-state index in [-0.39, 0.29) is 0 Å². The van der Waals surface area contributed by atoms with Gasteiger partial charge in [-0.1, -0.05) is 0 Å². The first kappa shape index (κ1) is 12.8. The first-order valence-electron chi connectivity index (χ1n) is 6.79. The number of rotatable bonds is 3. The van der Waals surface area contributed by atoms with Gasteiger partial charge in [0.25, 0.3) is 0 Å². The van der Waals surface area contributed by atoms with Gasteiger partial charge in [0, 0.05) is 6.07 Å². The molecule has 1 fully saturated rings. The van der Waals surface area contributed by atoms with Crippen molar-refractivity contribution in [3.05, 3.63) is 17.7 Å². The van der Waals surface area contributed by atoms with Crippen LogP contribution in [0.25, 0.3) is 10.9 Å². The van der Waals surface area contributed by atoms with Gasteiger partial charge >= 0.3 is 0 Å². The van der Waals surface area contributed by atoms with Gasteiger partial charge in [0.05, 0.1) is 23.1 Å². The number of nitrogen functional groups attached to an aromatic ring is 1. The zero-order valence-corrected chi connectivity index (χ0v) is 11.1. The number of H-pyrrole nitrogens is 1. The summed E-state index contributed by atoms with van der Waals surface area (Å²) < 4.78 is 5.84. The van der Waals surface area contributed by atoms with E-state index < -0.39 is 0 Å². The van der Waals surface area contributed by atoms with Crippen molar-refractivity contribution in [2.45, 2.75) is 12.8 Å². The summed E-state index contributed by atoms with van der Waals surface area (Å²) in [6.45, 7) is 2.78. The second-order valence-corrected chi connectivity index (χ2v) is 5.12. The van der Waals surface area contributed by atoms with Crippen LogP contribution in [0, 0.1) is 17.2 Å². The Morgan fingerprint density at radius 2 is 2.20 bits per heavy atom. The molecular weight excluding hydrogens is 254 g/mol. The van der Waals surface area contributed by atoms with Crippen LogP contribution >= 0.6 is 0 Å². The first-order chi connectivity index (χ1) is 9.78. The number of benzene rings is 1. The lowest BCUT2D eigenvalue weighted by Crippen LogP contribution is -2.30. The third-order valence-electron chi connectivity index (χ3n) is 3.73. The number of nitrogens with zero attached hydrogens (tertiary/aromatic N) is 2. The maximum atomic E-state index is 9.21. The molecule has 6 nitrogen and oxygen atoms in total. The molecule has 6 heteroatoms. The number of nitrogens with two attached hydrogens (primary N) is 1. The lowest BCUT2D eigenvalue weighted by molar-refractivity contribution is 0.215. The Bertz CT molecular complexity index is 651. The number of aromatic amines is 1. The standard InChI is InChI=1S/C14H17N5O/c15-7-10-5-11(6-12-13(10)14(16)19-18-12)20-8-9-1-3-17-4-2-9/h5-6,9,17H,1-4,8H2,(H3,16,18,19). The van der Waals surface area contributed by atoms with Crippen LogP contribution in [0.5, 0.6) is 5.75 Å². The van der Waals surface area contributed by atoms with Crippen molar-refractivity contribution in [1.82, 2.24) is 15.5 Å². The van der Waals surface area contributed by atoms with Crippen molar-refractivity contribution in [2.24, 2.45) is 5.92 Å². The van der Waals surface area contributed by atoms with E-state index in [9.17, 15) is 5.26 Å². The molecule has 0 unspecified atom stereocenters. The molecule has 2 aromatic rings. The van der Waals surface area contributed by atoms with Crippen molar-refractivity contribution >= 4 is 16.7 Å². The van der Waals surface area contributed by atoms with Crippen LogP contribution in [0.3, 0.4) is 0 Å². The number of piperidine rings is 1. The normalized spacial score (nSPS) is 16.1. The van der Waals surface area contributed by atoms with Gasteiger partial charge in [0.1, 0.15) is 11.8 Å². The van der Waals surface area contributed by atoms with Crippen molar-refractivity contribution in [1.29, 1.82) is 5.26 Å². The SMILES string of the molecule is N#Cc1cc(OCC2CCNCC2)cc2[nH]nc(N)c12. The van der Waals surface area contributed by atoms with Gasteiger partial charge in [-0.05, 0) is 37.9 Å². The molecule has 0 saturated carbocycles. The zero-order valence-electron chi connectivity index (χ0n) is 11.1. The van der Waals surface area contributed by atoms with Gasteiger partial charge in [-0.3, -0.25) is 5.10 Å². The van der Waals surface area contributed by atoms with Crippen molar-refractivity contribution in [3.63, 3.8) is 0 Å². The Morgan fingerprint density at radius 1 is 1.40 bits per heavy atom. The van der Waals surface area contributed by atoms with Crippen LogP contribution in [0.15, 0.2) is 12.1 Å². The molecule has 1 saturated heterocycles. The largest absolute Gasteiger partial charge is 0.493 e. The Labute approximate surface area is 116 Å². The van der Waals surface area contributed by atoms with Crippen molar-refractivity contribution < 1.29 is 4.74 Å². The van der Waals surface area contributed by atoms with Crippen LogP contribution < -0.4 is 15.8 Å². The van der Waals surface area contributed by atoms with Gasteiger partial charge in [-0.2, -0.15) is 10.4 Å². The second kappa shape index (κ2) is 5.39. The van der Waals surface area contributed by atoms with E-state index in [0.717, 1.165) is 31.4 Å². The summed E-state index contributed by atoms with van der Waals surface area (Å²) in [5, 5.41) is 20.0. The Balaban J connectivity index is 1.79. The molecule has 0 amide bonds. The highest BCUT2D eigenvalue weighted by Gasteiger charge is 2.15. The fourth-order valence-electron chi connectivity index (χ4n) is 2.59. The highest BCUT2D eigenvalue weighted by atomic mass is 16.5. The molecule has 0 atom stereocenters. The maximum absolute atomic E-state index is 9.21. The average molecular weight is 271 g/mol. The second-order valence-electron chi connectivity index (χ2n) is 5.12. The van der Waals surface area contributed by atoms with Gasteiger partial charge in [-0.25, -0.2) is 0 Å². The van der Waals surface area contributed by atoms with E-state index in [2.05, 4.69) is 21.6 Å². The third-order valence-corrected chi connectivity index (χ3v) is 3.73. The molecule has 1 aliphatic heterocycles. The first-order valence-corrected chi connectivity index (χ1v) is 6.79. The molecule has 20 heavy (non-hydrogen) atoms.